The lowest BCUT2D eigenvalue weighted by molar-refractivity contribution is 0.619. The normalized spacial score (nSPS) is 13.0. The summed E-state index contributed by atoms with van der Waals surface area (Å²) in [5.74, 6) is 1.89. The first-order valence-electron chi connectivity index (χ1n) is 9.19. The van der Waals surface area contributed by atoms with Gasteiger partial charge in [-0.1, -0.05) is 32.8 Å². The first kappa shape index (κ1) is 19.4. The fourth-order valence-corrected chi connectivity index (χ4v) is 3.29. The Morgan fingerprint density at radius 2 is 2.24 bits per heavy atom. The van der Waals surface area contributed by atoms with Gasteiger partial charge in [-0.05, 0) is 24.8 Å². The summed E-state index contributed by atoms with van der Waals surface area (Å²) in [5, 5.41) is 17.2. The molecule has 0 aliphatic rings. The Hall–Kier alpha value is -1.89. The number of rotatable bonds is 10. The first-order valence-corrected chi connectivity index (χ1v) is 10.1. The Bertz CT molecular complexity index is 619. The number of thiophene rings is 1. The minimum atomic E-state index is 0.249. The molecule has 7 heteroatoms. The summed E-state index contributed by atoms with van der Waals surface area (Å²) in [5.41, 5.74) is 0. The molecule has 2 aromatic heterocycles. The number of unbranched alkanes of at least 4 members (excludes halogenated alkanes) is 2. The van der Waals surface area contributed by atoms with Crippen LogP contribution < -0.4 is 10.6 Å². The van der Waals surface area contributed by atoms with Gasteiger partial charge in [0.2, 0.25) is 0 Å². The van der Waals surface area contributed by atoms with Crippen LogP contribution in [0.2, 0.25) is 0 Å². The second-order valence-electron chi connectivity index (χ2n) is 6.04. The summed E-state index contributed by atoms with van der Waals surface area (Å²) < 4.78 is 2.09. The number of aromatic nitrogens is 3. The molecule has 2 aromatic rings. The molecule has 0 amide bonds. The highest BCUT2D eigenvalue weighted by molar-refractivity contribution is 7.10. The smallest absolute Gasteiger partial charge is 0.191 e. The molecule has 0 saturated carbocycles. The third kappa shape index (κ3) is 6.49. The Balaban J connectivity index is 1.89. The average Bonchev–Trinajstić information content (AvgIpc) is 3.29. The van der Waals surface area contributed by atoms with Gasteiger partial charge in [0.1, 0.15) is 12.2 Å². The van der Waals surface area contributed by atoms with Gasteiger partial charge in [-0.25, -0.2) is 0 Å². The van der Waals surface area contributed by atoms with E-state index >= 15 is 0 Å². The maximum Gasteiger partial charge on any atom is 0.191 e. The van der Waals surface area contributed by atoms with Crippen molar-refractivity contribution < 1.29 is 0 Å². The van der Waals surface area contributed by atoms with Crippen LogP contribution in [0.4, 0.5) is 0 Å². The van der Waals surface area contributed by atoms with E-state index in [0.717, 1.165) is 44.3 Å². The largest absolute Gasteiger partial charge is 0.355 e. The van der Waals surface area contributed by atoms with E-state index in [1.54, 1.807) is 17.7 Å². The Morgan fingerprint density at radius 3 is 2.96 bits per heavy atom. The van der Waals surface area contributed by atoms with E-state index in [9.17, 15) is 0 Å². The molecule has 2 N–H and O–H groups in total. The zero-order valence-electron chi connectivity index (χ0n) is 15.5. The predicted molar refractivity (Wildman–Crippen MR) is 105 cm³/mol. The second kappa shape index (κ2) is 10.9. The second-order valence-corrected chi connectivity index (χ2v) is 7.02. The standard InChI is InChI=1S/C18H30N6S/c1-4-6-7-10-19-18(22-15(3)16-9-8-13-25-16)20-11-12-24-14-21-23-17(24)5-2/h8-9,13-15H,4-7,10-12H2,1-3H3,(H2,19,20,22). The molecule has 138 valence electrons. The first-order chi connectivity index (χ1) is 12.2. The summed E-state index contributed by atoms with van der Waals surface area (Å²) in [4.78, 5) is 6.05. The number of aliphatic imine (C=N–C) groups is 1. The molecule has 0 aromatic carbocycles. The van der Waals surface area contributed by atoms with Gasteiger partial charge in [-0.3, -0.25) is 4.99 Å². The number of aryl methyl sites for hydroxylation is 1. The molecular formula is C18H30N6S. The van der Waals surface area contributed by atoms with E-state index in [0.29, 0.717) is 0 Å². The summed E-state index contributed by atoms with van der Waals surface area (Å²) in [6.45, 7) is 8.96. The highest BCUT2D eigenvalue weighted by Crippen LogP contribution is 2.17. The molecule has 1 unspecified atom stereocenters. The zero-order valence-corrected chi connectivity index (χ0v) is 16.4. The van der Waals surface area contributed by atoms with Crippen molar-refractivity contribution in [2.45, 2.75) is 59.0 Å². The molecule has 0 bridgehead atoms. The Morgan fingerprint density at radius 1 is 1.36 bits per heavy atom. The van der Waals surface area contributed by atoms with E-state index in [1.807, 2.05) is 0 Å². The fourth-order valence-electron chi connectivity index (χ4n) is 2.55. The zero-order chi connectivity index (χ0) is 17.9. The number of hydrogen-bond acceptors (Lipinski definition) is 4. The summed E-state index contributed by atoms with van der Waals surface area (Å²) >= 11 is 1.77. The van der Waals surface area contributed by atoms with E-state index in [1.165, 1.54) is 17.7 Å². The lowest BCUT2D eigenvalue weighted by atomic mass is 10.2. The third-order valence-electron chi connectivity index (χ3n) is 4.01. The molecular weight excluding hydrogens is 332 g/mol. The topological polar surface area (TPSA) is 67.1 Å². The third-order valence-corrected chi connectivity index (χ3v) is 5.07. The van der Waals surface area contributed by atoms with Crippen LogP contribution in [-0.2, 0) is 13.0 Å². The van der Waals surface area contributed by atoms with Crippen LogP contribution in [0.25, 0.3) is 0 Å². The molecule has 25 heavy (non-hydrogen) atoms. The van der Waals surface area contributed by atoms with Crippen LogP contribution in [0.5, 0.6) is 0 Å². The molecule has 0 fully saturated rings. The quantitative estimate of drug-likeness (QED) is 0.386. The Kier molecular flexibility index (Phi) is 8.45. The van der Waals surface area contributed by atoms with Crippen LogP contribution in [0, 0.1) is 0 Å². The van der Waals surface area contributed by atoms with Crippen LogP contribution in [-0.4, -0.2) is 33.8 Å². The van der Waals surface area contributed by atoms with Crippen LogP contribution in [0.3, 0.4) is 0 Å². The number of hydrogen-bond donors (Lipinski definition) is 2. The van der Waals surface area contributed by atoms with Crippen molar-refractivity contribution in [1.82, 2.24) is 25.4 Å². The van der Waals surface area contributed by atoms with Crippen LogP contribution in [0.15, 0.2) is 28.8 Å². The van der Waals surface area contributed by atoms with E-state index in [4.69, 9.17) is 4.99 Å². The molecule has 0 saturated heterocycles. The van der Waals surface area contributed by atoms with E-state index in [2.05, 4.69) is 63.7 Å². The molecule has 0 radical (unpaired) electrons. The van der Waals surface area contributed by atoms with Gasteiger partial charge in [-0.2, -0.15) is 0 Å². The van der Waals surface area contributed by atoms with E-state index < -0.39 is 0 Å². The lowest BCUT2D eigenvalue weighted by Crippen LogP contribution is -2.40. The highest BCUT2D eigenvalue weighted by atomic mass is 32.1. The maximum absolute atomic E-state index is 4.73. The lowest BCUT2D eigenvalue weighted by Gasteiger charge is -2.18. The van der Waals surface area contributed by atoms with Gasteiger partial charge < -0.3 is 15.2 Å². The van der Waals surface area contributed by atoms with Gasteiger partial charge in [-0.15, -0.1) is 21.5 Å². The minimum Gasteiger partial charge on any atom is -0.355 e. The number of nitrogens with one attached hydrogen (secondary N) is 2. The Labute approximate surface area is 154 Å². The SMILES string of the molecule is CCCCCN=C(NCCn1cnnc1CC)NC(C)c1cccs1. The van der Waals surface area contributed by atoms with Crippen molar-refractivity contribution in [2.24, 2.45) is 4.99 Å². The van der Waals surface area contributed by atoms with Gasteiger partial charge in [0.15, 0.2) is 5.96 Å². The van der Waals surface area contributed by atoms with E-state index in [-0.39, 0.29) is 6.04 Å². The van der Waals surface area contributed by atoms with Crippen LogP contribution >= 0.6 is 11.3 Å². The molecule has 1 atom stereocenters. The monoisotopic (exact) mass is 362 g/mol. The predicted octanol–water partition coefficient (Wildman–Crippen LogP) is 3.39. The summed E-state index contributed by atoms with van der Waals surface area (Å²) in [6, 6.07) is 4.49. The average molecular weight is 363 g/mol. The maximum atomic E-state index is 4.73. The molecule has 0 aliphatic carbocycles. The van der Waals surface area contributed by atoms with Crippen molar-refractivity contribution in [3.8, 4) is 0 Å². The molecule has 0 aliphatic heterocycles. The fraction of sp³-hybridized carbons (Fsp3) is 0.611. The van der Waals surface area contributed by atoms with Crippen LogP contribution in [0.1, 0.15) is 56.8 Å². The summed E-state index contributed by atoms with van der Waals surface area (Å²) in [7, 11) is 0. The van der Waals surface area contributed by atoms with Crippen molar-refractivity contribution in [2.75, 3.05) is 13.1 Å². The van der Waals surface area contributed by atoms with Gasteiger partial charge in [0.05, 0.1) is 6.04 Å². The number of nitrogens with zero attached hydrogens (tertiary/aromatic N) is 4. The number of guanidine groups is 1. The molecule has 6 nitrogen and oxygen atoms in total. The minimum absolute atomic E-state index is 0.249. The van der Waals surface area contributed by atoms with Crippen molar-refractivity contribution in [3.63, 3.8) is 0 Å². The van der Waals surface area contributed by atoms with Crippen molar-refractivity contribution in [1.29, 1.82) is 0 Å². The molecule has 0 spiro atoms. The molecule has 2 rings (SSSR count). The highest BCUT2D eigenvalue weighted by Gasteiger charge is 2.09. The van der Waals surface area contributed by atoms with Gasteiger partial charge in [0, 0.05) is 30.9 Å². The van der Waals surface area contributed by atoms with Gasteiger partial charge >= 0.3 is 0 Å². The summed E-state index contributed by atoms with van der Waals surface area (Å²) in [6.07, 6.45) is 6.25. The molecule has 2 heterocycles. The van der Waals surface area contributed by atoms with Gasteiger partial charge in [0.25, 0.3) is 0 Å². The van der Waals surface area contributed by atoms with Crippen molar-refractivity contribution in [3.05, 3.63) is 34.5 Å². The van der Waals surface area contributed by atoms with Crippen molar-refractivity contribution >= 4 is 17.3 Å².